The third-order valence-corrected chi connectivity index (χ3v) is 7.08. The van der Waals surface area contributed by atoms with Gasteiger partial charge in [0.05, 0.1) is 29.9 Å². The lowest BCUT2D eigenvalue weighted by Gasteiger charge is -2.34. The summed E-state index contributed by atoms with van der Waals surface area (Å²) in [5.74, 6) is 0.184. The van der Waals surface area contributed by atoms with E-state index >= 15 is 0 Å². The molecule has 30 heavy (non-hydrogen) atoms. The highest BCUT2D eigenvalue weighted by molar-refractivity contribution is 7.92. The van der Waals surface area contributed by atoms with Gasteiger partial charge in [-0.1, -0.05) is 31.5 Å². The zero-order valence-electron chi connectivity index (χ0n) is 18.2. The molecule has 3 rings (SSSR count). The molecule has 2 aromatic carbocycles. The van der Waals surface area contributed by atoms with E-state index < -0.39 is 10.0 Å². The van der Waals surface area contributed by atoms with E-state index in [1.165, 1.54) is 4.31 Å². The van der Waals surface area contributed by atoms with Crippen molar-refractivity contribution in [1.29, 1.82) is 0 Å². The van der Waals surface area contributed by atoms with Crippen LogP contribution in [0, 0.1) is 19.8 Å². The smallest absolute Gasteiger partial charge is 0.264 e. The molecule has 6 nitrogen and oxygen atoms in total. The standard InChI is InChI=1S/C23H32N2O4S/c1-17(2)14-25(23-10-5-18(3)13-19(23)4)30(27,28)22-8-6-20(7-9-22)24-11-12-29-21(15-24)16-26/h5-10,13,17,21,26H,11-12,14-16H2,1-4H3. The first kappa shape index (κ1) is 22.6. The van der Waals surface area contributed by atoms with Crippen molar-refractivity contribution < 1.29 is 18.3 Å². The van der Waals surface area contributed by atoms with E-state index in [0.29, 0.717) is 26.2 Å². The largest absolute Gasteiger partial charge is 0.394 e. The Hall–Kier alpha value is -2.09. The number of benzene rings is 2. The Labute approximate surface area is 180 Å². The first-order valence-electron chi connectivity index (χ1n) is 10.4. The maximum atomic E-state index is 13.6. The Morgan fingerprint density at radius 1 is 1.17 bits per heavy atom. The van der Waals surface area contributed by atoms with Gasteiger partial charge in [0.1, 0.15) is 0 Å². The molecule has 7 heteroatoms. The molecule has 1 fully saturated rings. The average Bonchev–Trinajstić information content (AvgIpc) is 2.72. The van der Waals surface area contributed by atoms with Crippen molar-refractivity contribution in [2.75, 3.05) is 42.1 Å². The number of morpholine rings is 1. The van der Waals surface area contributed by atoms with Crippen LogP contribution >= 0.6 is 0 Å². The highest BCUT2D eigenvalue weighted by Gasteiger charge is 2.27. The zero-order chi connectivity index (χ0) is 21.9. The zero-order valence-corrected chi connectivity index (χ0v) is 19.0. The van der Waals surface area contributed by atoms with Gasteiger partial charge in [-0.05, 0) is 55.7 Å². The number of nitrogens with zero attached hydrogens (tertiary/aromatic N) is 2. The first-order chi connectivity index (χ1) is 14.2. The van der Waals surface area contributed by atoms with Crippen LogP contribution in [-0.4, -0.2) is 52.5 Å². The van der Waals surface area contributed by atoms with Crippen LogP contribution in [0.4, 0.5) is 11.4 Å². The fourth-order valence-corrected chi connectivity index (χ4v) is 5.46. The van der Waals surface area contributed by atoms with Crippen LogP contribution in [0.1, 0.15) is 25.0 Å². The van der Waals surface area contributed by atoms with Crippen LogP contribution in [0.3, 0.4) is 0 Å². The summed E-state index contributed by atoms with van der Waals surface area (Å²) in [5.41, 5.74) is 3.70. The van der Waals surface area contributed by atoms with Crippen molar-refractivity contribution in [2.24, 2.45) is 5.92 Å². The average molecular weight is 433 g/mol. The fourth-order valence-electron chi connectivity index (χ4n) is 3.76. The summed E-state index contributed by atoms with van der Waals surface area (Å²) in [6.45, 7) is 10.2. The molecule has 1 unspecified atom stereocenters. The van der Waals surface area contributed by atoms with Gasteiger partial charge in [-0.25, -0.2) is 8.42 Å². The van der Waals surface area contributed by atoms with E-state index in [9.17, 15) is 13.5 Å². The highest BCUT2D eigenvalue weighted by Crippen LogP contribution is 2.30. The summed E-state index contributed by atoms with van der Waals surface area (Å²) in [6, 6.07) is 12.9. The van der Waals surface area contributed by atoms with Crippen molar-refractivity contribution in [1.82, 2.24) is 0 Å². The van der Waals surface area contributed by atoms with Crippen molar-refractivity contribution in [3.63, 3.8) is 0 Å². The van der Waals surface area contributed by atoms with Gasteiger partial charge in [0.2, 0.25) is 0 Å². The summed E-state index contributed by atoms with van der Waals surface area (Å²) in [4.78, 5) is 2.38. The predicted molar refractivity (Wildman–Crippen MR) is 121 cm³/mol. The molecule has 2 aromatic rings. The van der Waals surface area contributed by atoms with Gasteiger partial charge in [0.15, 0.2) is 0 Å². The Bertz CT molecular complexity index is 958. The summed E-state index contributed by atoms with van der Waals surface area (Å²) in [7, 11) is -3.70. The van der Waals surface area contributed by atoms with Gasteiger partial charge < -0.3 is 14.7 Å². The lowest BCUT2D eigenvalue weighted by atomic mass is 10.1. The Morgan fingerprint density at radius 2 is 1.87 bits per heavy atom. The first-order valence-corrected chi connectivity index (χ1v) is 11.8. The molecule has 0 radical (unpaired) electrons. The van der Waals surface area contributed by atoms with E-state index in [1.807, 2.05) is 58.0 Å². The van der Waals surface area contributed by atoms with E-state index in [0.717, 1.165) is 22.5 Å². The molecule has 0 amide bonds. The third-order valence-electron chi connectivity index (χ3n) is 5.28. The summed E-state index contributed by atoms with van der Waals surface area (Å²) < 4.78 is 34.1. The van der Waals surface area contributed by atoms with Crippen LogP contribution in [-0.2, 0) is 14.8 Å². The molecular formula is C23H32N2O4S. The number of sulfonamides is 1. The van der Waals surface area contributed by atoms with E-state index in [-0.39, 0.29) is 23.5 Å². The van der Waals surface area contributed by atoms with Crippen LogP contribution in [0.25, 0.3) is 0 Å². The second-order valence-electron chi connectivity index (χ2n) is 8.34. The molecule has 0 bridgehead atoms. The third kappa shape index (κ3) is 4.96. The lowest BCUT2D eigenvalue weighted by molar-refractivity contribution is 0.00356. The normalized spacial score (nSPS) is 17.4. The van der Waals surface area contributed by atoms with Gasteiger partial charge in [-0.15, -0.1) is 0 Å². The number of ether oxygens (including phenoxy) is 1. The maximum Gasteiger partial charge on any atom is 0.264 e. The number of hydrogen-bond donors (Lipinski definition) is 1. The number of hydrogen-bond acceptors (Lipinski definition) is 5. The predicted octanol–water partition coefficient (Wildman–Crippen LogP) is 3.35. The van der Waals surface area contributed by atoms with Crippen molar-refractivity contribution in [3.8, 4) is 0 Å². The Kier molecular flexibility index (Phi) is 7.06. The number of aryl methyl sites for hydroxylation is 2. The van der Waals surface area contributed by atoms with E-state index in [1.54, 1.807) is 12.1 Å². The minimum atomic E-state index is -3.70. The van der Waals surface area contributed by atoms with Gasteiger partial charge in [0, 0.05) is 25.3 Å². The monoisotopic (exact) mass is 432 g/mol. The second-order valence-corrected chi connectivity index (χ2v) is 10.2. The molecule has 0 aromatic heterocycles. The quantitative estimate of drug-likeness (QED) is 0.727. The lowest BCUT2D eigenvalue weighted by Crippen LogP contribution is -2.44. The molecule has 164 valence electrons. The minimum Gasteiger partial charge on any atom is -0.394 e. The number of anilines is 2. The van der Waals surface area contributed by atoms with E-state index in [2.05, 4.69) is 4.90 Å². The molecule has 1 aliphatic rings. The minimum absolute atomic E-state index is 0.0248. The SMILES string of the molecule is Cc1ccc(N(CC(C)C)S(=O)(=O)c2ccc(N3CCOC(CO)C3)cc2)c(C)c1. The van der Waals surface area contributed by atoms with Crippen LogP contribution < -0.4 is 9.21 Å². The molecule has 1 aliphatic heterocycles. The highest BCUT2D eigenvalue weighted by atomic mass is 32.2. The van der Waals surface area contributed by atoms with Gasteiger partial charge in [-0.3, -0.25) is 4.31 Å². The fraction of sp³-hybridized carbons (Fsp3) is 0.478. The second kappa shape index (κ2) is 9.37. The van der Waals surface area contributed by atoms with Gasteiger partial charge in [-0.2, -0.15) is 0 Å². The summed E-state index contributed by atoms with van der Waals surface area (Å²) in [6.07, 6.45) is -0.215. The molecule has 0 spiro atoms. The topological polar surface area (TPSA) is 70.1 Å². The molecule has 0 saturated carbocycles. The molecule has 1 saturated heterocycles. The van der Waals surface area contributed by atoms with Gasteiger partial charge >= 0.3 is 0 Å². The molecule has 0 aliphatic carbocycles. The molecule has 1 heterocycles. The van der Waals surface area contributed by atoms with Crippen LogP contribution in [0.5, 0.6) is 0 Å². The van der Waals surface area contributed by atoms with Crippen molar-refractivity contribution in [3.05, 3.63) is 53.6 Å². The number of aliphatic hydroxyl groups is 1. The molecule has 1 N–H and O–H groups in total. The van der Waals surface area contributed by atoms with Crippen LogP contribution in [0.2, 0.25) is 0 Å². The Balaban J connectivity index is 1.91. The molecular weight excluding hydrogens is 400 g/mol. The maximum absolute atomic E-state index is 13.6. The van der Waals surface area contributed by atoms with Crippen molar-refractivity contribution >= 4 is 21.4 Å². The Morgan fingerprint density at radius 3 is 2.47 bits per heavy atom. The van der Waals surface area contributed by atoms with Gasteiger partial charge in [0.25, 0.3) is 10.0 Å². The number of aliphatic hydroxyl groups excluding tert-OH is 1. The summed E-state index contributed by atoms with van der Waals surface area (Å²) >= 11 is 0. The van der Waals surface area contributed by atoms with E-state index in [4.69, 9.17) is 4.74 Å². The van der Waals surface area contributed by atoms with Crippen molar-refractivity contribution in [2.45, 2.75) is 38.7 Å². The van der Waals surface area contributed by atoms with Crippen LogP contribution in [0.15, 0.2) is 47.4 Å². The number of rotatable bonds is 7. The summed E-state index contributed by atoms with van der Waals surface area (Å²) in [5, 5.41) is 9.35. The molecule has 1 atom stereocenters.